The quantitative estimate of drug-likeness (QED) is 0.681. The highest BCUT2D eigenvalue weighted by Crippen LogP contribution is 2.32. The van der Waals surface area contributed by atoms with E-state index in [1.807, 2.05) is 26.0 Å². The molecule has 1 N–H and O–H groups in total. The fourth-order valence-corrected chi connectivity index (χ4v) is 3.48. The van der Waals surface area contributed by atoms with Crippen molar-refractivity contribution in [1.29, 1.82) is 0 Å². The molecule has 0 aromatic heterocycles. The van der Waals surface area contributed by atoms with Crippen LogP contribution in [0.5, 0.6) is 11.5 Å². The zero-order valence-electron chi connectivity index (χ0n) is 15.9. The fourth-order valence-electron chi connectivity index (χ4n) is 2.54. The molecule has 0 aliphatic carbocycles. The molecule has 1 fully saturated rings. The number of benzene rings is 2. The van der Waals surface area contributed by atoms with Gasteiger partial charge in [-0.15, -0.1) is 0 Å². The molecule has 2 aromatic rings. The predicted molar refractivity (Wildman–Crippen MR) is 116 cm³/mol. The van der Waals surface area contributed by atoms with Gasteiger partial charge >= 0.3 is 0 Å². The van der Waals surface area contributed by atoms with Crippen LogP contribution < -0.4 is 14.8 Å². The lowest BCUT2D eigenvalue weighted by Crippen LogP contribution is -2.20. The van der Waals surface area contributed by atoms with Gasteiger partial charge in [-0.25, -0.2) is 0 Å². The van der Waals surface area contributed by atoms with Gasteiger partial charge in [0, 0.05) is 22.2 Å². The third-order valence-corrected chi connectivity index (χ3v) is 4.99. The third-order valence-electron chi connectivity index (χ3n) is 3.83. The number of aliphatic imine (C=N–C) groups is 1. The molecule has 0 radical (unpaired) electrons. The second-order valence-electron chi connectivity index (χ2n) is 5.86. The zero-order valence-corrected chi connectivity index (χ0v) is 17.5. The number of rotatable bonds is 6. The van der Waals surface area contributed by atoms with Crippen molar-refractivity contribution in [1.82, 2.24) is 5.32 Å². The van der Waals surface area contributed by atoms with Crippen molar-refractivity contribution in [3.8, 4) is 11.5 Å². The van der Waals surface area contributed by atoms with Crippen LogP contribution in [-0.4, -0.2) is 30.2 Å². The Labute approximate surface area is 177 Å². The first-order valence-corrected chi connectivity index (χ1v) is 10.2. The highest BCUT2D eigenvalue weighted by molar-refractivity contribution is 8.18. The number of nitrogens with one attached hydrogen (secondary N) is 1. The molecule has 1 saturated heterocycles. The van der Waals surface area contributed by atoms with Gasteiger partial charge in [0.1, 0.15) is 11.5 Å². The molecule has 8 heteroatoms. The number of halogens is 1. The number of ether oxygens (including phenoxy) is 2. The molecule has 150 valence electrons. The first-order chi connectivity index (χ1) is 14.0. The summed E-state index contributed by atoms with van der Waals surface area (Å²) in [5, 5.41) is 3.37. The Bertz CT molecular complexity index is 987. The van der Waals surface area contributed by atoms with Crippen LogP contribution in [0.25, 0.3) is 6.08 Å². The molecule has 0 unspecified atom stereocenters. The molecular formula is C21H19ClN2O4S. The van der Waals surface area contributed by atoms with Crippen LogP contribution in [0.4, 0.5) is 0 Å². The average molecular weight is 431 g/mol. The Hall–Kier alpha value is -2.77. The Morgan fingerprint density at radius 3 is 2.55 bits per heavy atom. The second-order valence-corrected chi connectivity index (χ2v) is 7.33. The molecular weight excluding hydrogens is 412 g/mol. The summed E-state index contributed by atoms with van der Waals surface area (Å²) in [7, 11) is 0. The van der Waals surface area contributed by atoms with Crippen LogP contribution >= 0.6 is 23.4 Å². The molecule has 1 aliphatic heterocycles. The summed E-state index contributed by atoms with van der Waals surface area (Å²) >= 11 is 6.93. The van der Waals surface area contributed by atoms with Crippen molar-refractivity contribution >= 4 is 46.4 Å². The molecule has 6 nitrogen and oxygen atoms in total. The van der Waals surface area contributed by atoms with Crippen LogP contribution in [0.1, 0.15) is 29.8 Å². The molecule has 29 heavy (non-hydrogen) atoms. The molecule has 1 aliphatic rings. The van der Waals surface area contributed by atoms with E-state index in [9.17, 15) is 9.59 Å². The van der Waals surface area contributed by atoms with Gasteiger partial charge in [-0.2, -0.15) is 4.99 Å². The van der Waals surface area contributed by atoms with Crippen molar-refractivity contribution < 1.29 is 19.1 Å². The number of hydrogen-bond donors (Lipinski definition) is 1. The minimum atomic E-state index is -0.457. The maximum atomic E-state index is 12.3. The monoisotopic (exact) mass is 430 g/mol. The molecule has 2 amide bonds. The highest BCUT2D eigenvalue weighted by Gasteiger charge is 2.25. The smallest absolute Gasteiger partial charge is 0.279 e. The molecule has 0 saturated carbocycles. The third kappa shape index (κ3) is 5.40. The molecule has 1 heterocycles. The summed E-state index contributed by atoms with van der Waals surface area (Å²) in [5.41, 5.74) is 1.12. The summed E-state index contributed by atoms with van der Waals surface area (Å²) in [5.74, 6) is 0.523. The van der Waals surface area contributed by atoms with Gasteiger partial charge < -0.3 is 14.8 Å². The summed E-state index contributed by atoms with van der Waals surface area (Å²) < 4.78 is 11.2. The van der Waals surface area contributed by atoms with Gasteiger partial charge in [0.25, 0.3) is 11.8 Å². The van der Waals surface area contributed by atoms with Gasteiger partial charge in [0.2, 0.25) is 0 Å². The molecule has 0 spiro atoms. The molecule has 0 bridgehead atoms. The predicted octanol–water partition coefficient (Wildman–Crippen LogP) is 4.54. The van der Waals surface area contributed by atoms with Gasteiger partial charge in [-0.05, 0) is 68.1 Å². The van der Waals surface area contributed by atoms with E-state index in [0.29, 0.717) is 40.2 Å². The lowest BCUT2D eigenvalue weighted by Gasteiger charge is -2.10. The molecule has 2 aromatic carbocycles. The van der Waals surface area contributed by atoms with E-state index in [-0.39, 0.29) is 11.1 Å². The van der Waals surface area contributed by atoms with E-state index in [1.165, 1.54) is 0 Å². The lowest BCUT2D eigenvalue weighted by atomic mass is 10.1. The van der Waals surface area contributed by atoms with Gasteiger partial charge in [-0.1, -0.05) is 11.6 Å². The number of carbonyl (C=O) groups is 2. The minimum Gasteiger partial charge on any atom is -0.494 e. The van der Waals surface area contributed by atoms with Crippen molar-refractivity contribution in [2.24, 2.45) is 4.99 Å². The number of amides is 2. The maximum Gasteiger partial charge on any atom is 0.279 e. The number of hydrogen-bond acceptors (Lipinski definition) is 5. The number of amidine groups is 1. The standard InChI is InChI=1S/C21H19ClN2O4S/c1-3-27-16-10-7-14(17(12-16)28-4-2)11-18-20(26)24-21(29-18)23-19(25)13-5-8-15(22)9-6-13/h5-12H,3-4H2,1-2H3,(H,23,24,25,26)/b18-11-. The van der Waals surface area contributed by atoms with Crippen LogP contribution in [0.2, 0.25) is 5.02 Å². The normalized spacial score (nSPS) is 16.2. The molecule has 0 atom stereocenters. The van der Waals surface area contributed by atoms with E-state index in [2.05, 4.69) is 10.3 Å². The first kappa shape index (κ1) is 21.0. The van der Waals surface area contributed by atoms with Gasteiger partial charge in [0.15, 0.2) is 5.17 Å². The van der Waals surface area contributed by atoms with Crippen molar-refractivity contribution in [3.05, 3.63) is 63.5 Å². The van der Waals surface area contributed by atoms with Crippen molar-refractivity contribution in [2.45, 2.75) is 13.8 Å². The zero-order chi connectivity index (χ0) is 20.8. The Balaban J connectivity index is 1.81. The fraction of sp³-hybridized carbons (Fsp3) is 0.190. The summed E-state index contributed by atoms with van der Waals surface area (Å²) in [4.78, 5) is 29.0. The summed E-state index contributed by atoms with van der Waals surface area (Å²) in [6.07, 6.45) is 1.70. The first-order valence-electron chi connectivity index (χ1n) is 8.99. The number of nitrogens with zero attached hydrogens (tertiary/aromatic N) is 1. The lowest BCUT2D eigenvalue weighted by molar-refractivity contribution is -0.115. The van der Waals surface area contributed by atoms with Gasteiger partial charge in [-0.3, -0.25) is 9.59 Å². The maximum absolute atomic E-state index is 12.3. The van der Waals surface area contributed by atoms with E-state index >= 15 is 0 Å². The summed E-state index contributed by atoms with van der Waals surface area (Å²) in [6, 6.07) is 11.8. The van der Waals surface area contributed by atoms with E-state index in [0.717, 1.165) is 17.3 Å². The largest absolute Gasteiger partial charge is 0.494 e. The number of thioether (sulfide) groups is 1. The van der Waals surface area contributed by atoms with Crippen molar-refractivity contribution in [3.63, 3.8) is 0 Å². The Kier molecular flexibility index (Phi) is 6.95. The second kappa shape index (κ2) is 9.62. The average Bonchev–Trinajstić information content (AvgIpc) is 3.03. The van der Waals surface area contributed by atoms with E-state index < -0.39 is 5.91 Å². The minimum absolute atomic E-state index is 0.227. The Morgan fingerprint density at radius 2 is 1.86 bits per heavy atom. The Morgan fingerprint density at radius 1 is 1.14 bits per heavy atom. The van der Waals surface area contributed by atoms with Crippen LogP contribution in [0.15, 0.2) is 52.4 Å². The number of carbonyl (C=O) groups excluding carboxylic acids is 2. The van der Waals surface area contributed by atoms with Crippen LogP contribution in [0, 0.1) is 0 Å². The summed E-state index contributed by atoms with van der Waals surface area (Å²) in [6.45, 7) is 4.81. The molecule has 3 rings (SSSR count). The van der Waals surface area contributed by atoms with E-state index in [1.54, 1.807) is 36.4 Å². The highest BCUT2D eigenvalue weighted by atomic mass is 35.5. The van der Waals surface area contributed by atoms with E-state index in [4.69, 9.17) is 21.1 Å². The van der Waals surface area contributed by atoms with Gasteiger partial charge in [0.05, 0.1) is 18.1 Å². The van der Waals surface area contributed by atoms with Crippen LogP contribution in [-0.2, 0) is 4.79 Å². The van der Waals surface area contributed by atoms with Crippen molar-refractivity contribution in [2.75, 3.05) is 13.2 Å². The van der Waals surface area contributed by atoms with Crippen LogP contribution in [0.3, 0.4) is 0 Å². The SMILES string of the molecule is CCOc1ccc(/C=C2\SC(=NC(=O)c3ccc(Cl)cc3)NC2=O)c(OCC)c1. The topological polar surface area (TPSA) is 77.0 Å².